The van der Waals surface area contributed by atoms with Crippen molar-refractivity contribution in [2.75, 3.05) is 0 Å². The molecule has 1 aliphatic rings. The molecule has 0 bridgehead atoms. The van der Waals surface area contributed by atoms with Crippen LogP contribution >= 0.6 is 0 Å². The number of hydrogen-bond donors (Lipinski definition) is 1. The molecule has 1 rings (SSSR count). The van der Waals surface area contributed by atoms with Crippen molar-refractivity contribution in [2.24, 2.45) is 23.0 Å². The quantitative estimate of drug-likeness (QED) is 0.642. The first-order chi connectivity index (χ1) is 5.46. The van der Waals surface area contributed by atoms with Gasteiger partial charge in [0.15, 0.2) is 0 Å². The van der Waals surface area contributed by atoms with Crippen molar-refractivity contribution >= 4 is 0 Å². The SMILES string of the molecule is CCC1CCC(N)C1C(C)(C)C. The summed E-state index contributed by atoms with van der Waals surface area (Å²) in [4.78, 5) is 0. The van der Waals surface area contributed by atoms with Gasteiger partial charge in [-0.25, -0.2) is 0 Å². The minimum absolute atomic E-state index is 0.399. The zero-order valence-corrected chi connectivity index (χ0v) is 8.93. The lowest BCUT2D eigenvalue weighted by Gasteiger charge is -2.34. The summed E-state index contributed by atoms with van der Waals surface area (Å²) < 4.78 is 0. The van der Waals surface area contributed by atoms with Crippen LogP contribution in [0.3, 0.4) is 0 Å². The monoisotopic (exact) mass is 169 g/mol. The Morgan fingerprint density at radius 1 is 1.25 bits per heavy atom. The van der Waals surface area contributed by atoms with E-state index in [0.717, 1.165) is 11.8 Å². The lowest BCUT2D eigenvalue weighted by Crippen LogP contribution is -2.37. The molecule has 0 heterocycles. The molecule has 1 heteroatoms. The highest BCUT2D eigenvalue weighted by molar-refractivity contribution is 4.93. The molecule has 1 saturated carbocycles. The molecule has 0 radical (unpaired) electrons. The van der Waals surface area contributed by atoms with Gasteiger partial charge in [-0.1, -0.05) is 34.1 Å². The Morgan fingerprint density at radius 3 is 2.17 bits per heavy atom. The van der Waals surface area contributed by atoms with Gasteiger partial charge in [0.1, 0.15) is 0 Å². The Hall–Kier alpha value is -0.0400. The van der Waals surface area contributed by atoms with Gasteiger partial charge < -0.3 is 5.73 Å². The molecule has 0 amide bonds. The Morgan fingerprint density at radius 2 is 1.83 bits per heavy atom. The van der Waals surface area contributed by atoms with Gasteiger partial charge in [-0.05, 0) is 30.1 Å². The fraction of sp³-hybridized carbons (Fsp3) is 1.00. The van der Waals surface area contributed by atoms with Gasteiger partial charge in [0.2, 0.25) is 0 Å². The van der Waals surface area contributed by atoms with Crippen molar-refractivity contribution in [1.82, 2.24) is 0 Å². The second kappa shape index (κ2) is 3.37. The van der Waals surface area contributed by atoms with E-state index in [1.807, 2.05) is 0 Å². The normalized spacial score (nSPS) is 37.2. The highest BCUT2D eigenvalue weighted by Gasteiger charge is 2.39. The third-order valence-electron chi connectivity index (χ3n) is 3.36. The highest BCUT2D eigenvalue weighted by atomic mass is 14.7. The molecule has 1 nitrogen and oxygen atoms in total. The van der Waals surface area contributed by atoms with Gasteiger partial charge in [-0.2, -0.15) is 0 Å². The molecule has 3 unspecified atom stereocenters. The molecule has 12 heavy (non-hydrogen) atoms. The first kappa shape index (κ1) is 10.0. The summed E-state index contributed by atoms with van der Waals surface area (Å²) in [6.07, 6.45) is 3.88. The molecule has 3 atom stereocenters. The molecular weight excluding hydrogens is 146 g/mol. The van der Waals surface area contributed by atoms with Gasteiger partial charge in [0, 0.05) is 6.04 Å². The van der Waals surface area contributed by atoms with E-state index < -0.39 is 0 Å². The summed E-state index contributed by atoms with van der Waals surface area (Å²) in [6, 6.07) is 0.454. The fourth-order valence-electron chi connectivity index (χ4n) is 2.92. The molecular formula is C11H23N. The Balaban J connectivity index is 2.70. The van der Waals surface area contributed by atoms with Crippen LogP contribution in [0.1, 0.15) is 47.0 Å². The maximum Gasteiger partial charge on any atom is 0.00749 e. The van der Waals surface area contributed by atoms with Crippen LogP contribution in [0.25, 0.3) is 0 Å². The van der Waals surface area contributed by atoms with E-state index in [2.05, 4.69) is 27.7 Å². The largest absolute Gasteiger partial charge is 0.327 e. The molecule has 0 aromatic heterocycles. The van der Waals surface area contributed by atoms with Crippen LogP contribution in [-0.2, 0) is 0 Å². The van der Waals surface area contributed by atoms with Gasteiger partial charge in [-0.15, -0.1) is 0 Å². The zero-order valence-electron chi connectivity index (χ0n) is 8.93. The second-order valence-corrected chi connectivity index (χ2v) is 5.30. The summed E-state index contributed by atoms with van der Waals surface area (Å²) in [5.74, 6) is 1.61. The number of rotatable bonds is 1. The Kier molecular flexibility index (Phi) is 2.82. The van der Waals surface area contributed by atoms with E-state index in [-0.39, 0.29) is 0 Å². The standard InChI is InChI=1S/C11H23N/c1-5-8-6-7-9(12)10(8)11(2,3)4/h8-10H,5-7,12H2,1-4H3. The van der Waals surface area contributed by atoms with Crippen molar-refractivity contribution in [1.29, 1.82) is 0 Å². The van der Waals surface area contributed by atoms with E-state index in [0.29, 0.717) is 11.5 Å². The van der Waals surface area contributed by atoms with E-state index in [9.17, 15) is 0 Å². The molecule has 0 aromatic rings. The van der Waals surface area contributed by atoms with Gasteiger partial charge in [0.05, 0.1) is 0 Å². The van der Waals surface area contributed by atoms with Gasteiger partial charge in [0.25, 0.3) is 0 Å². The first-order valence-corrected chi connectivity index (χ1v) is 5.22. The Labute approximate surface area is 76.7 Å². The van der Waals surface area contributed by atoms with E-state index in [4.69, 9.17) is 5.73 Å². The van der Waals surface area contributed by atoms with E-state index >= 15 is 0 Å². The molecule has 1 aliphatic carbocycles. The molecule has 0 aromatic carbocycles. The summed E-state index contributed by atoms with van der Waals surface area (Å²) in [5, 5.41) is 0. The van der Waals surface area contributed by atoms with Crippen LogP contribution in [0, 0.1) is 17.3 Å². The van der Waals surface area contributed by atoms with Crippen molar-refractivity contribution in [3.8, 4) is 0 Å². The minimum atomic E-state index is 0.399. The molecule has 0 spiro atoms. The average molecular weight is 169 g/mol. The highest BCUT2D eigenvalue weighted by Crippen LogP contribution is 2.43. The van der Waals surface area contributed by atoms with Crippen LogP contribution in [0.2, 0.25) is 0 Å². The lowest BCUT2D eigenvalue weighted by molar-refractivity contribution is 0.165. The van der Waals surface area contributed by atoms with Crippen LogP contribution in [0.5, 0.6) is 0 Å². The van der Waals surface area contributed by atoms with E-state index in [1.165, 1.54) is 19.3 Å². The third kappa shape index (κ3) is 1.82. The van der Waals surface area contributed by atoms with Crippen molar-refractivity contribution in [2.45, 2.75) is 53.0 Å². The third-order valence-corrected chi connectivity index (χ3v) is 3.36. The van der Waals surface area contributed by atoms with Crippen molar-refractivity contribution < 1.29 is 0 Å². The van der Waals surface area contributed by atoms with E-state index in [1.54, 1.807) is 0 Å². The average Bonchev–Trinajstić information content (AvgIpc) is 2.29. The summed E-state index contributed by atoms with van der Waals surface area (Å²) in [7, 11) is 0. The maximum atomic E-state index is 6.13. The predicted molar refractivity (Wildman–Crippen MR) is 53.9 cm³/mol. The van der Waals surface area contributed by atoms with Gasteiger partial charge in [-0.3, -0.25) is 0 Å². The van der Waals surface area contributed by atoms with Crippen LogP contribution < -0.4 is 5.73 Å². The molecule has 72 valence electrons. The first-order valence-electron chi connectivity index (χ1n) is 5.22. The van der Waals surface area contributed by atoms with Crippen LogP contribution in [0.4, 0.5) is 0 Å². The summed E-state index contributed by atoms with van der Waals surface area (Å²) in [6.45, 7) is 9.27. The number of nitrogens with two attached hydrogens (primary N) is 1. The molecule has 1 fully saturated rings. The topological polar surface area (TPSA) is 26.0 Å². The van der Waals surface area contributed by atoms with Gasteiger partial charge >= 0.3 is 0 Å². The maximum absolute atomic E-state index is 6.13. The predicted octanol–water partition coefficient (Wildman–Crippen LogP) is 2.80. The number of hydrogen-bond acceptors (Lipinski definition) is 1. The smallest absolute Gasteiger partial charge is 0.00749 e. The molecule has 0 saturated heterocycles. The minimum Gasteiger partial charge on any atom is -0.327 e. The van der Waals surface area contributed by atoms with Crippen molar-refractivity contribution in [3.63, 3.8) is 0 Å². The zero-order chi connectivity index (χ0) is 9.35. The molecule has 2 N–H and O–H groups in total. The van der Waals surface area contributed by atoms with Crippen molar-refractivity contribution in [3.05, 3.63) is 0 Å². The lowest BCUT2D eigenvalue weighted by atomic mass is 9.72. The summed E-state index contributed by atoms with van der Waals surface area (Å²) in [5.41, 5.74) is 6.53. The summed E-state index contributed by atoms with van der Waals surface area (Å²) >= 11 is 0. The fourth-order valence-corrected chi connectivity index (χ4v) is 2.92. The van der Waals surface area contributed by atoms with Crippen LogP contribution in [-0.4, -0.2) is 6.04 Å². The Bertz CT molecular complexity index is 146. The molecule has 0 aliphatic heterocycles. The van der Waals surface area contributed by atoms with Crippen LogP contribution in [0.15, 0.2) is 0 Å². The second-order valence-electron chi connectivity index (χ2n) is 5.30.